The number of halogens is 3. The number of amides is 1. The van der Waals surface area contributed by atoms with Crippen LogP contribution in [-0.4, -0.2) is 48.3 Å². The van der Waals surface area contributed by atoms with Gasteiger partial charge in [-0.25, -0.2) is 0 Å². The van der Waals surface area contributed by atoms with Gasteiger partial charge in [-0.3, -0.25) is 9.59 Å². The summed E-state index contributed by atoms with van der Waals surface area (Å²) in [6.07, 6.45) is -4.72. The molecule has 0 aliphatic rings. The summed E-state index contributed by atoms with van der Waals surface area (Å²) in [5, 5.41) is 8.63. The number of carbonyl (C=O) groups excluding carboxylic acids is 1. The first-order chi connectivity index (χ1) is 9.64. The predicted molar refractivity (Wildman–Crippen MR) is 67.0 cm³/mol. The maximum Gasteiger partial charge on any atom is 0.406 e. The molecule has 1 rings (SSSR count). The maximum absolute atomic E-state index is 12.4. The number of alkyl halides is 3. The third-order valence-corrected chi connectivity index (χ3v) is 2.47. The van der Waals surface area contributed by atoms with Crippen LogP contribution >= 0.6 is 0 Å². The lowest BCUT2D eigenvalue weighted by molar-refractivity contribution is -0.149. The Kier molecular flexibility index (Phi) is 5.01. The van der Waals surface area contributed by atoms with E-state index >= 15 is 0 Å². The van der Waals surface area contributed by atoms with Crippen molar-refractivity contribution in [1.82, 2.24) is 4.90 Å². The number of methoxy groups -OCH3 is 1. The number of ether oxygens (including phenoxy) is 1. The Bertz CT molecular complexity index is 546. The normalized spacial score (nSPS) is 11.0. The highest BCUT2D eigenvalue weighted by atomic mass is 19.4. The molecular formula is C12H13F3N2O4. The topological polar surface area (TPSA) is 92.9 Å². The van der Waals surface area contributed by atoms with Crippen LogP contribution in [0.5, 0.6) is 5.75 Å². The molecule has 9 heteroatoms. The Morgan fingerprint density at radius 3 is 2.48 bits per heavy atom. The summed E-state index contributed by atoms with van der Waals surface area (Å²) >= 11 is 0. The lowest BCUT2D eigenvalue weighted by Gasteiger charge is -2.23. The molecule has 0 bridgehead atoms. The van der Waals surface area contributed by atoms with E-state index in [1.165, 1.54) is 19.2 Å². The molecule has 21 heavy (non-hydrogen) atoms. The van der Waals surface area contributed by atoms with Crippen molar-refractivity contribution in [3.05, 3.63) is 23.8 Å². The van der Waals surface area contributed by atoms with Crippen LogP contribution in [0.1, 0.15) is 10.4 Å². The Hall–Kier alpha value is -2.45. The molecule has 116 valence electrons. The minimum atomic E-state index is -4.72. The number of nitrogens with zero attached hydrogens (tertiary/aromatic N) is 1. The Morgan fingerprint density at radius 1 is 1.38 bits per heavy atom. The van der Waals surface area contributed by atoms with Crippen LogP contribution in [0.25, 0.3) is 0 Å². The van der Waals surface area contributed by atoms with Crippen LogP contribution in [0.4, 0.5) is 18.9 Å². The van der Waals surface area contributed by atoms with Crippen molar-refractivity contribution in [2.45, 2.75) is 6.18 Å². The second kappa shape index (κ2) is 6.33. The van der Waals surface area contributed by atoms with Gasteiger partial charge in [0.2, 0.25) is 0 Å². The molecule has 0 spiro atoms. The summed E-state index contributed by atoms with van der Waals surface area (Å²) in [4.78, 5) is 22.9. The average Bonchev–Trinajstić information content (AvgIpc) is 2.35. The van der Waals surface area contributed by atoms with Crippen LogP contribution < -0.4 is 10.5 Å². The summed E-state index contributed by atoms with van der Waals surface area (Å²) in [5.74, 6) is -2.48. The van der Waals surface area contributed by atoms with Crippen molar-refractivity contribution in [3.63, 3.8) is 0 Å². The van der Waals surface area contributed by atoms with E-state index in [1.54, 1.807) is 0 Å². The molecule has 0 saturated carbocycles. The van der Waals surface area contributed by atoms with E-state index in [-0.39, 0.29) is 21.9 Å². The lowest BCUT2D eigenvalue weighted by atomic mass is 10.1. The molecule has 1 aromatic carbocycles. The van der Waals surface area contributed by atoms with Gasteiger partial charge in [-0.05, 0) is 18.2 Å². The summed E-state index contributed by atoms with van der Waals surface area (Å²) in [6.45, 7) is -2.77. The van der Waals surface area contributed by atoms with Gasteiger partial charge in [0.15, 0.2) is 0 Å². The fraction of sp³-hybridized carbons (Fsp3) is 0.333. The molecule has 3 N–H and O–H groups in total. The van der Waals surface area contributed by atoms with Crippen molar-refractivity contribution in [3.8, 4) is 5.75 Å². The highest BCUT2D eigenvalue weighted by Crippen LogP contribution is 2.23. The van der Waals surface area contributed by atoms with Gasteiger partial charge in [0.25, 0.3) is 5.91 Å². The van der Waals surface area contributed by atoms with Gasteiger partial charge in [-0.15, -0.1) is 0 Å². The van der Waals surface area contributed by atoms with Crippen molar-refractivity contribution in [2.24, 2.45) is 0 Å². The molecule has 1 amide bonds. The van der Waals surface area contributed by atoms with E-state index in [1.807, 2.05) is 0 Å². The van der Waals surface area contributed by atoms with E-state index in [2.05, 4.69) is 0 Å². The molecule has 0 unspecified atom stereocenters. The predicted octanol–water partition coefficient (Wildman–Crippen LogP) is 1.37. The van der Waals surface area contributed by atoms with E-state index in [0.29, 0.717) is 0 Å². The first kappa shape index (κ1) is 16.6. The van der Waals surface area contributed by atoms with Crippen LogP contribution in [0, 0.1) is 0 Å². The van der Waals surface area contributed by atoms with Gasteiger partial charge in [-0.1, -0.05) is 0 Å². The SMILES string of the molecule is COc1ccc(N)c(C(=O)N(CC(=O)O)CC(F)(F)F)c1. The molecular weight excluding hydrogens is 293 g/mol. The number of hydrogen-bond acceptors (Lipinski definition) is 4. The first-order valence-electron chi connectivity index (χ1n) is 5.65. The van der Waals surface area contributed by atoms with Gasteiger partial charge in [0, 0.05) is 5.69 Å². The minimum Gasteiger partial charge on any atom is -0.497 e. The molecule has 0 fully saturated rings. The maximum atomic E-state index is 12.4. The highest BCUT2D eigenvalue weighted by molar-refractivity contribution is 6.00. The lowest BCUT2D eigenvalue weighted by Crippen LogP contribution is -2.42. The number of carbonyl (C=O) groups is 2. The zero-order valence-electron chi connectivity index (χ0n) is 11.0. The number of hydrogen-bond donors (Lipinski definition) is 2. The second-order valence-corrected chi connectivity index (χ2v) is 4.12. The molecule has 0 radical (unpaired) electrons. The van der Waals surface area contributed by atoms with Gasteiger partial charge < -0.3 is 20.5 Å². The van der Waals surface area contributed by atoms with Crippen molar-refractivity contribution in [2.75, 3.05) is 25.9 Å². The third-order valence-electron chi connectivity index (χ3n) is 2.47. The van der Waals surface area contributed by atoms with E-state index in [4.69, 9.17) is 15.6 Å². The smallest absolute Gasteiger partial charge is 0.406 e. The fourth-order valence-corrected chi connectivity index (χ4v) is 1.60. The molecule has 0 aliphatic carbocycles. The van der Waals surface area contributed by atoms with Crippen LogP contribution in [0.3, 0.4) is 0 Å². The Balaban J connectivity index is 3.12. The summed E-state index contributed by atoms with van der Waals surface area (Å²) in [6, 6.07) is 3.87. The summed E-state index contributed by atoms with van der Waals surface area (Å²) < 4.78 is 42.2. The quantitative estimate of drug-likeness (QED) is 0.801. The number of benzene rings is 1. The number of rotatable bonds is 5. The van der Waals surface area contributed by atoms with E-state index in [0.717, 1.165) is 6.07 Å². The molecule has 0 aromatic heterocycles. The summed E-state index contributed by atoms with van der Waals surface area (Å²) in [5.41, 5.74) is 5.22. The molecule has 0 aliphatic heterocycles. The highest BCUT2D eigenvalue weighted by Gasteiger charge is 2.34. The second-order valence-electron chi connectivity index (χ2n) is 4.12. The van der Waals surface area contributed by atoms with E-state index in [9.17, 15) is 22.8 Å². The Labute approximate surface area is 117 Å². The largest absolute Gasteiger partial charge is 0.497 e. The fourth-order valence-electron chi connectivity index (χ4n) is 1.60. The van der Waals surface area contributed by atoms with Gasteiger partial charge in [0.05, 0.1) is 12.7 Å². The number of carboxylic acids is 1. The first-order valence-corrected chi connectivity index (χ1v) is 5.65. The van der Waals surface area contributed by atoms with Gasteiger partial charge in [0.1, 0.15) is 18.8 Å². The molecule has 0 heterocycles. The van der Waals surface area contributed by atoms with Crippen LogP contribution in [0.2, 0.25) is 0 Å². The Morgan fingerprint density at radius 2 is 2.00 bits per heavy atom. The standard InChI is InChI=1S/C12H13F3N2O4/c1-21-7-2-3-9(16)8(4-7)11(20)17(5-10(18)19)6-12(13,14)15/h2-4H,5-6,16H2,1H3,(H,18,19). The number of aliphatic carboxylic acids is 1. The van der Waals surface area contributed by atoms with Crippen molar-refractivity contribution in [1.29, 1.82) is 0 Å². The monoisotopic (exact) mass is 306 g/mol. The molecule has 0 saturated heterocycles. The average molecular weight is 306 g/mol. The van der Waals surface area contributed by atoms with Crippen LogP contribution in [-0.2, 0) is 4.79 Å². The zero-order valence-corrected chi connectivity index (χ0v) is 11.0. The molecule has 6 nitrogen and oxygen atoms in total. The molecule has 1 aromatic rings. The number of nitrogen functional groups attached to an aromatic ring is 1. The van der Waals surface area contributed by atoms with Crippen LogP contribution in [0.15, 0.2) is 18.2 Å². The number of carboxylic acid groups (broad SMARTS) is 1. The zero-order chi connectivity index (χ0) is 16.2. The number of anilines is 1. The van der Waals surface area contributed by atoms with Crippen molar-refractivity contribution >= 4 is 17.6 Å². The minimum absolute atomic E-state index is 0.0710. The third kappa shape index (κ3) is 4.86. The van der Waals surface area contributed by atoms with Crippen molar-refractivity contribution < 1.29 is 32.6 Å². The van der Waals surface area contributed by atoms with Gasteiger partial charge >= 0.3 is 12.1 Å². The summed E-state index contributed by atoms with van der Waals surface area (Å²) in [7, 11) is 1.31. The number of nitrogens with two attached hydrogens (primary N) is 1. The van der Waals surface area contributed by atoms with E-state index < -0.39 is 31.1 Å². The van der Waals surface area contributed by atoms with Gasteiger partial charge in [-0.2, -0.15) is 13.2 Å². The molecule has 0 atom stereocenters.